The number of carbonyl (C=O) groups excluding carboxylic acids is 2. The maximum atomic E-state index is 13.8. The summed E-state index contributed by atoms with van der Waals surface area (Å²) in [6.07, 6.45) is 0.761. The summed E-state index contributed by atoms with van der Waals surface area (Å²) in [4.78, 5) is 30.5. The Hall–Kier alpha value is -3.71. The lowest BCUT2D eigenvalue weighted by Crippen LogP contribution is -2.42. The molecule has 4 rings (SSSR count). The molecule has 0 saturated carbocycles. The Morgan fingerprint density at radius 2 is 1.69 bits per heavy atom. The molecular formula is C34H41ClN2O5. The molecule has 0 fully saturated rings. The van der Waals surface area contributed by atoms with Gasteiger partial charge in [-0.15, -0.1) is 0 Å². The number of benzene rings is 3. The molecule has 1 unspecified atom stereocenters. The Morgan fingerprint density at radius 1 is 1.05 bits per heavy atom. The van der Waals surface area contributed by atoms with Crippen LogP contribution >= 0.6 is 11.6 Å². The van der Waals surface area contributed by atoms with Crippen LogP contribution in [0.5, 0.6) is 11.5 Å². The van der Waals surface area contributed by atoms with Gasteiger partial charge in [0.2, 0.25) is 5.91 Å². The first kappa shape index (κ1) is 31.2. The number of hydrogen-bond acceptors (Lipinski definition) is 6. The average molecular weight is 593 g/mol. The van der Waals surface area contributed by atoms with E-state index in [0.717, 1.165) is 28.1 Å². The fraction of sp³-hybridized carbons (Fsp3) is 0.412. The number of ether oxygens (including phenoxy) is 3. The number of halogens is 1. The Labute approximate surface area is 254 Å². The summed E-state index contributed by atoms with van der Waals surface area (Å²) in [5, 5.41) is 0.620. The summed E-state index contributed by atoms with van der Waals surface area (Å²) in [5.41, 5.74) is 3.80. The summed E-state index contributed by atoms with van der Waals surface area (Å²) in [6, 6.07) is 18.3. The highest BCUT2D eigenvalue weighted by molar-refractivity contribution is 6.30. The van der Waals surface area contributed by atoms with Crippen molar-refractivity contribution in [3.63, 3.8) is 0 Å². The molecule has 0 bridgehead atoms. The van der Waals surface area contributed by atoms with Crippen LogP contribution in [0.25, 0.3) is 0 Å². The van der Waals surface area contributed by atoms with Gasteiger partial charge in [0.15, 0.2) is 11.5 Å². The Morgan fingerprint density at radius 3 is 2.24 bits per heavy atom. The molecular weight excluding hydrogens is 552 g/mol. The maximum absolute atomic E-state index is 13.8. The van der Waals surface area contributed by atoms with Gasteiger partial charge in [0.05, 0.1) is 25.7 Å². The number of nitrogens with zero attached hydrogens (tertiary/aromatic N) is 2. The number of anilines is 2. The zero-order chi connectivity index (χ0) is 30.8. The molecule has 3 aromatic carbocycles. The van der Waals surface area contributed by atoms with Gasteiger partial charge in [-0.05, 0) is 106 Å². The first-order chi connectivity index (χ1) is 19.8. The van der Waals surface area contributed by atoms with Gasteiger partial charge in [0, 0.05) is 23.4 Å². The monoisotopic (exact) mass is 592 g/mol. The van der Waals surface area contributed by atoms with Gasteiger partial charge in [-0.2, -0.15) is 0 Å². The molecule has 42 heavy (non-hydrogen) atoms. The smallest absolute Gasteiger partial charge is 0.329 e. The standard InChI is InChI=1S/C34H41ClN2O5/c1-9-28(33(39)42-34(4,5)6)36(7)25-14-16-26(17-15-25)37-31(38)19-23-18-29(40-8)30(41-21(2)3)20-27(23)32(37)22-10-12-24(35)13-11-22/h10-18,20-21,28,32H,9,19H2,1-8H3/t28?,32-/m0/s1. The van der Waals surface area contributed by atoms with Crippen molar-refractivity contribution in [3.05, 3.63) is 82.4 Å². The van der Waals surface area contributed by atoms with Crippen LogP contribution in [0.3, 0.4) is 0 Å². The van der Waals surface area contributed by atoms with E-state index < -0.39 is 17.7 Å². The molecule has 0 radical (unpaired) electrons. The first-order valence-corrected chi connectivity index (χ1v) is 14.7. The average Bonchev–Trinajstić information content (AvgIpc) is 2.92. The lowest BCUT2D eigenvalue weighted by atomic mass is 9.86. The molecule has 3 aromatic rings. The molecule has 0 saturated heterocycles. The third-order valence-corrected chi connectivity index (χ3v) is 7.46. The Balaban J connectivity index is 1.75. The number of amides is 1. The van der Waals surface area contributed by atoms with Crippen molar-refractivity contribution < 1.29 is 23.8 Å². The number of carbonyl (C=O) groups is 2. The molecule has 0 aliphatic carbocycles. The lowest BCUT2D eigenvalue weighted by molar-refractivity contribution is -0.156. The summed E-state index contributed by atoms with van der Waals surface area (Å²) in [6.45, 7) is 11.5. The largest absolute Gasteiger partial charge is 0.493 e. The van der Waals surface area contributed by atoms with Gasteiger partial charge in [-0.1, -0.05) is 30.7 Å². The fourth-order valence-electron chi connectivity index (χ4n) is 5.33. The van der Waals surface area contributed by atoms with E-state index in [1.54, 1.807) is 7.11 Å². The molecule has 2 atom stereocenters. The minimum Gasteiger partial charge on any atom is -0.493 e. The van der Waals surface area contributed by atoms with Gasteiger partial charge in [0.1, 0.15) is 11.6 Å². The van der Waals surface area contributed by atoms with Crippen molar-refractivity contribution >= 4 is 34.9 Å². The zero-order valence-electron chi connectivity index (χ0n) is 25.7. The highest BCUT2D eigenvalue weighted by atomic mass is 35.5. The van der Waals surface area contributed by atoms with Crippen LogP contribution in [0.4, 0.5) is 11.4 Å². The van der Waals surface area contributed by atoms with Gasteiger partial charge >= 0.3 is 5.97 Å². The first-order valence-electron chi connectivity index (χ1n) is 14.3. The van der Waals surface area contributed by atoms with Crippen LogP contribution in [0.15, 0.2) is 60.7 Å². The number of rotatable bonds is 9. The number of hydrogen-bond donors (Lipinski definition) is 0. The zero-order valence-corrected chi connectivity index (χ0v) is 26.5. The van der Waals surface area contributed by atoms with Crippen LogP contribution in [0.1, 0.15) is 70.7 Å². The normalized spacial score (nSPS) is 15.7. The molecule has 0 N–H and O–H groups in total. The lowest BCUT2D eigenvalue weighted by Gasteiger charge is -2.38. The van der Waals surface area contributed by atoms with E-state index >= 15 is 0 Å². The van der Waals surface area contributed by atoms with Crippen molar-refractivity contribution in [1.29, 1.82) is 0 Å². The quantitative estimate of drug-likeness (QED) is 0.242. The van der Waals surface area contributed by atoms with Gasteiger partial charge in [0.25, 0.3) is 0 Å². The summed E-state index contributed by atoms with van der Waals surface area (Å²) in [7, 11) is 3.49. The molecule has 1 aliphatic heterocycles. The second-order valence-electron chi connectivity index (χ2n) is 11.8. The molecule has 1 amide bonds. The van der Waals surface area contributed by atoms with Crippen LogP contribution in [0.2, 0.25) is 5.02 Å². The summed E-state index contributed by atoms with van der Waals surface area (Å²) in [5.74, 6) is 0.922. The third kappa shape index (κ3) is 6.84. The van der Waals surface area contributed by atoms with E-state index in [1.165, 1.54) is 0 Å². The van der Waals surface area contributed by atoms with Gasteiger partial charge < -0.3 is 24.0 Å². The SMILES string of the molecule is CCC(C(=O)OC(C)(C)C)N(C)c1ccc(N2C(=O)Cc3cc(OC)c(OC(C)C)cc3[C@@H]2c2ccc(Cl)cc2)cc1. The molecule has 1 heterocycles. The van der Waals surface area contributed by atoms with Crippen LogP contribution in [-0.2, 0) is 20.7 Å². The van der Waals surface area contributed by atoms with Crippen molar-refractivity contribution in [2.45, 2.75) is 78.2 Å². The molecule has 224 valence electrons. The molecule has 0 spiro atoms. The number of likely N-dealkylation sites (N-methyl/N-ethyl adjacent to an activating group) is 1. The van der Waals surface area contributed by atoms with Crippen LogP contribution in [0, 0.1) is 0 Å². The topological polar surface area (TPSA) is 68.3 Å². The summed E-state index contributed by atoms with van der Waals surface area (Å²) >= 11 is 6.24. The van der Waals surface area contributed by atoms with E-state index in [2.05, 4.69) is 0 Å². The van der Waals surface area contributed by atoms with E-state index in [-0.39, 0.29) is 24.4 Å². The highest BCUT2D eigenvalue weighted by Crippen LogP contribution is 2.44. The van der Waals surface area contributed by atoms with Crippen LogP contribution < -0.4 is 19.3 Å². The van der Waals surface area contributed by atoms with E-state index in [0.29, 0.717) is 22.9 Å². The maximum Gasteiger partial charge on any atom is 0.329 e. The second-order valence-corrected chi connectivity index (χ2v) is 12.3. The number of methoxy groups -OCH3 is 1. The predicted octanol–water partition coefficient (Wildman–Crippen LogP) is 7.37. The minimum absolute atomic E-state index is 0.0386. The number of fused-ring (bicyclic) bond motifs is 1. The van der Waals surface area contributed by atoms with Crippen molar-refractivity contribution in [2.24, 2.45) is 0 Å². The van der Waals surface area contributed by atoms with Gasteiger partial charge in [-0.25, -0.2) is 4.79 Å². The minimum atomic E-state index is -0.569. The predicted molar refractivity (Wildman–Crippen MR) is 168 cm³/mol. The van der Waals surface area contributed by atoms with E-state index in [1.807, 2.05) is 119 Å². The number of esters is 1. The van der Waals surface area contributed by atoms with Crippen LogP contribution in [-0.4, -0.2) is 43.8 Å². The second kappa shape index (κ2) is 12.7. The third-order valence-electron chi connectivity index (χ3n) is 7.21. The fourth-order valence-corrected chi connectivity index (χ4v) is 5.45. The van der Waals surface area contributed by atoms with Crippen molar-refractivity contribution in [3.8, 4) is 11.5 Å². The summed E-state index contributed by atoms with van der Waals surface area (Å²) < 4.78 is 17.4. The van der Waals surface area contributed by atoms with Crippen molar-refractivity contribution in [1.82, 2.24) is 0 Å². The highest BCUT2D eigenvalue weighted by Gasteiger charge is 2.36. The van der Waals surface area contributed by atoms with Crippen molar-refractivity contribution in [2.75, 3.05) is 24.0 Å². The molecule has 1 aliphatic rings. The van der Waals surface area contributed by atoms with Gasteiger partial charge in [-0.3, -0.25) is 4.79 Å². The van der Waals surface area contributed by atoms with E-state index in [9.17, 15) is 9.59 Å². The molecule has 7 nitrogen and oxygen atoms in total. The van der Waals surface area contributed by atoms with E-state index in [4.69, 9.17) is 25.8 Å². The molecule has 0 aromatic heterocycles. The Kier molecular flexibility index (Phi) is 9.41. The Bertz CT molecular complexity index is 1410. The molecule has 8 heteroatoms.